The molecular weight excluding hydrogens is 339 g/mol. The van der Waals surface area contributed by atoms with Crippen molar-refractivity contribution >= 4 is 5.96 Å². The third-order valence-corrected chi connectivity index (χ3v) is 3.19. The van der Waals surface area contributed by atoms with Crippen molar-refractivity contribution in [3.05, 3.63) is 23.8 Å². The number of hydrogen-bond donors (Lipinski definition) is 2. The molecule has 25 heavy (non-hydrogen) atoms. The van der Waals surface area contributed by atoms with Gasteiger partial charge in [0, 0.05) is 38.4 Å². The normalized spacial score (nSPS) is 12.0. The Bertz CT molecular complexity index is 551. The molecule has 6 nitrogen and oxygen atoms in total. The summed E-state index contributed by atoms with van der Waals surface area (Å²) in [5.41, 5.74) is 0.916. The van der Waals surface area contributed by atoms with Gasteiger partial charge in [0.25, 0.3) is 0 Å². The smallest absolute Gasteiger partial charge is 0.411 e. The number of halogens is 3. The van der Waals surface area contributed by atoms with Crippen LogP contribution in [0, 0.1) is 0 Å². The average molecular weight is 363 g/mol. The first-order valence-corrected chi connectivity index (χ1v) is 7.69. The van der Waals surface area contributed by atoms with E-state index in [1.807, 2.05) is 12.1 Å². The third-order valence-electron chi connectivity index (χ3n) is 3.19. The summed E-state index contributed by atoms with van der Waals surface area (Å²) < 4.78 is 50.8. The van der Waals surface area contributed by atoms with E-state index >= 15 is 0 Å². The summed E-state index contributed by atoms with van der Waals surface area (Å²) >= 11 is 0. The molecule has 0 aromatic heterocycles. The minimum atomic E-state index is -4.29. The Hall–Kier alpha value is -2.16. The number of ether oxygens (including phenoxy) is 3. The lowest BCUT2D eigenvalue weighted by atomic mass is 10.2. The van der Waals surface area contributed by atoms with Crippen LogP contribution in [0.2, 0.25) is 0 Å². The Kier molecular flexibility index (Phi) is 8.90. The van der Waals surface area contributed by atoms with Gasteiger partial charge in [-0.25, -0.2) is 0 Å². The summed E-state index contributed by atoms with van der Waals surface area (Å²) in [7, 11) is 4.77. The second kappa shape index (κ2) is 10.7. The fraction of sp³-hybridized carbons (Fsp3) is 0.562. The highest BCUT2D eigenvalue weighted by Crippen LogP contribution is 2.24. The van der Waals surface area contributed by atoms with E-state index in [2.05, 4.69) is 20.4 Å². The van der Waals surface area contributed by atoms with Gasteiger partial charge in [0.05, 0.1) is 14.2 Å². The van der Waals surface area contributed by atoms with E-state index in [1.54, 1.807) is 27.3 Å². The summed E-state index contributed by atoms with van der Waals surface area (Å²) in [4.78, 5) is 4.06. The SMILES string of the molecule is CN=C(NCCCOCC(F)(F)F)NCc1ccc(OC)cc1OC. The van der Waals surface area contributed by atoms with Crippen molar-refractivity contribution in [2.24, 2.45) is 4.99 Å². The van der Waals surface area contributed by atoms with Crippen molar-refractivity contribution in [1.29, 1.82) is 0 Å². The lowest BCUT2D eigenvalue weighted by Gasteiger charge is -2.14. The molecule has 2 N–H and O–H groups in total. The Balaban J connectivity index is 2.35. The number of alkyl halides is 3. The van der Waals surface area contributed by atoms with Crippen molar-refractivity contribution < 1.29 is 27.4 Å². The molecule has 0 aliphatic rings. The van der Waals surface area contributed by atoms with E-state index in [9.17, 15) is 13.2 Å². The summed E-state index contributed by atoms with van der Waals surface area (Å²) in [5, 5.41) is 6.12. The first-order valence-electron chi connectivity index (χ1n) is 7.69. The molecule has 9 heteroatoms. The standard InChI is InChI=1S/C16H24F3N3O3/c1-20-15(21-7-4-8-25-11-16(17,18)19)22-10-12-5-6-13(23-2)9-14(12)24-3/h5-6,9H,4,7-8,10-11H2,1-3H3,(H2,20,21,22). The predicted molar refractivity (Wildman–Crippen MR) is 89.2 cm³/mol. The summed E-state index contributed by atoms with van der Waals surface area (Å²) in [6.45, 7) is -0.290. The molecule has 0 atom stereocenters. The van der Waals surface area contributed by atoms with E-state index < -0.39 is 12.8 Å². The van der Waals surface area contributed by atoms with Crippen LogP contribution < -0.4 is 20.1 Å². The minimum Gasteiger partial charge on any atom is -0.497 e. The summed E-state index contributed by atoms with van der Waals surface area (Å²) in [6, 6.07) is 5.49. The van der Waals surface area contributed by atoms with E-state index in [0.29, 0.717) is 37.0 Å². The molecule has 0 bridgehead atoms. The van der Waals surface area contributed by atoms with Gasteiger partial charge >= 0.3 is 6.18 Å². The van der Waals surface area contributed by atoms with Crippen molar-refractivity contribution in [3.63, 3.8) is 0 Å². The Morgan fingerprint density at radius 3 is 2.52 bits per heavy atom. The van der Waals surface area contributed by atoms with Gasteiger partial charge in [-0.15, -0.1) is 0 Å². The van der Waals surface area contributed by atoms with E-state index in [0.717, 1.165) is 5.56 Å². The number of nitrogens with one attached hydrogen (secondary N) is 2. The fourth-order valence-corrected chi connectivity index (χ4v) is 1.97. The van der Waals surface area contributed by atoms with E-state index in [-0.39, 0.29) is 6.61 Å². The zero-order valence-corrected chi connectivity index (χ0v) is 14.6. The molecule has 0 unspecified atom stereocenters. The molecule has 1 aromatic carbocycles. The molecular formula is C16H24F3N3O3. The van der Waals surface area contributed by atoms with Gasteiger partial charge in [0.1, 0.15) is 18.1 Å². The maximum atomic E-state index is 11.9. The maximum absolute atomic E-state index is 11.9. The first-order chi connectivity index (χ1) is 11.9. The zero-order valence-electron chi connectivity index (χ0n) is 14.6. The number of aliphatic imine (C=N–C) groups is 1. The quantitative estimate of drug-likeness (QED) is 0.401. The molecule has 0 aliphatic carbocycles. The Morgan fingerprint density at radius 1 is 1.16 bits per heavy atom. The third kappa shape index (κ3) is 8.48. The van der Waals surface area contributed by atoms with Gasteiger partial charge in [-0.3, -0.25) is 4.99 Å². The Labute approximate surface area is 145 Å². The van der Waals surface area contributed by atoms with Crippen LogP contribution in [0.4, 0.5) is 13.2 Å². The van der Waals surface area contributed by atoms with Crippen molar-refractivity contribution in [2.45, 2.75) is 19.1 Å². The van der Waals surface area contributed by atoms with Crippen LogP contribution in [-0.2, 0) is 11.3 Å². The highest BCUT2D eigenvalue weighted by atomic mass is 19.4. The van der Waals surface area contributed by atoms with Crippen molar-refractivity contribution in [1.82, 2.24) is 10.6 Å². The Morgan fingerprint density at radius 2 is 1.92 bits per heavy atom. The topological polar surface area (TPSA) is 64.1 Å². The van der Waals surface area contributed by atoms with E-state index in [4.69, 9.17) is 9.47 Å². The number of benzene rings is 1. The van der Waals surface area contributed by atoms with Gasteiger partial charge in [0.15, 0.2) is 5.96 Å². The monoisotopic (exact) mass is 363 g/mol. The van der Waals surface area contributed by atoms with Crippen LogP contribution in [0.1, 0.15) is 12.0 Å². The van der Waals surface area contributed by atoms with Crippen LogP contribution in [0.15, 0.2) is 23.2 Å². The summed E-state index contributed by atoms with van der Waals surface area (Å²) in [6.07, 6.45) is -3.86. The first kappa shape index (κ1) is 20.9. The molecule has 0 spiro atoms. The van der Waals surface area contributed by atoms with Crippen LogP contribution in [0.5, 0.6) is 11.5 Å². The van der Waals surface area contributed by atoms with Crippen LogP contribution >= 0.6 is 0 Å². The largest absolute Gasteiger partial charge is 0.497 e. The predicted octanol–water partition coefficient (Wildman–Crippen LogP) is 2.34. The van der Waals surface area contributed by atoms with Gasteiger partial charge < -0.3 is 24.8 Å². The van der Waals surface area contributed by atoms with Gasteiger partial charge in [-0.2, -0.15) is 13.2 Å². The molecule has 142 valence electrons. The number of methoxy groups -OCH3 is 2. The van der Waals surface area contributed by atoms with Crippen molar-refractivity contribution in [2.75, 3.05) is 41.0 Å². The highest BCUT2D eigenvalue weighted by Gasteiger charge is 2.27. The van der Waals surface area contributed by atoms with Crippen LogP contribution in [0.3, 0.4) is 0 Å². The highest BCUT2D eigenvalue weighted by molar-refractivity contribution is 5.79. The van der Waals surface area contributed by atoms with Gasteiger partial charge in [0.2, 0.25) is 0 Å². The molecule has 0 aliphatic heterocycles. The molecule has 1 rings (SSSR count). The van der Waals surface area contributed by atoms with Gasteiger partial charge in [-0.1, -0.05) is 0 Å². The molecule has 0 radical (unpaired) electrons. The average Bonchev–Trinajstić information content (AvgIpc) is 2.59. The van der Waals surface area contributed by atoms with Crippen LogP contribution in [-0.4, -0.2) is 53.2 Å². The molecule has 1 aromatic rings. The molecule has 0 saturated carbocycles. The molecule has 0 heterocycles. The zero-order chi connectivity index (χ0) is 18.7. The maximum Gasteiger partial charge on any atom is 0.411 e. The lowest BCUT2D eigenvalue weighted by Crippen LogP contribution is -2.37. The minimum absolute atomic E-state index is 0.0236. The second-order valence-corrected chi connectivity index (χ2v) is 5.05. The van der Waals surface area contributed by atoms with Gasteiger partial charge in [-0.05, 0) is 18.6 Å². The molecule has 0 amide bonds. The number of hydrogen-bond acceptors (Lipinski definition) is 4. The lowest BCUT2D eigenvalue weighted by molar-refractivity contribution is -0.173. The summed E-state index contributed by atoms with van der Waals surface area (Å²) in [5.74, 6) is 1.92. The second-order valence-electron chi connectivity index (χ2n) is 5.05. The van der Waals surface area contributed by atoms with E-state index in [1.165, 1.54) is 0 Å². The van der Waals surface area contributed by atoms with Crippen molar-refractivity contribution in [3.8, 4) is 11.5 Å². The number of guanidine groups is 1. The number of nitrogens with zero attached hydrogens (tertiary/aromatic N) is 1. The molecule has 0 saturated heterocycles. The number of rotatable bonds is 9. The van der Waals surface area contributed by atoms with Crippen LogP contribution in [0.25, 0.3) is 0 Å². The molecule has 0 fully saturated rings. The fourth-order valence-electron chi connectivity index (χ4n) is 1.97.